The number of carbonyl (C=O) groups is 2. The molecule has 158 valence electrons. The Morgan fingerprint density at radius 1 is 1.10 bits per heavy atom. The van der Waals surface area contributed by atoms with E-state index in [0.29, 0.717) is 11.3 Å². The molecule has 0 aliphatic heterocycles. The largest absolute Gasteiger partial charge is 0.491 e. The number of ether oxygens (including phenoxy) is 2. The Morgan fingerprint density at radius 2 is 1.80 bits per heavy atom. The highest BCUT2D eigenvalue weighted by atomic mass is 17.0. The van der Waals surface area contributed by atoms with E-state index in [0.717, 1.165) is 0 Å². The molecule has 0 saturated heterocycles. The van der Waals surface area contributed by atoms with Crippen molar-refractivity contribution in [2.45, 2.75) is 12.5 Å². The zero-order chi connectivity index (χ0) is 21.9. The fraction of sp³-hybridized carbons (Fsp3) is 0.222. The summed E-state index contributed by atoms with van der Waals surface area (Å²) in [5.41, 5.74) is 0.432. The molecule has 0 aliphatic rings. The fourth-order valence-corrected chi connectivity index (χ4v) is 2.29. The second-order valence-electron chi connectivity index (χ2n) is 5.73. The lowest BCUT2D eigenvalue weighted by atomic mass is 10.1. The van der Waals surface area contributed by atoms with Gasteiger partial charge >= 0.3 is 11.9 Å². The number of hydrogen-bond donors (Lipinski definition) is 1. The van der Waals surface area contributed by atoms with E-state index in [-0.39, 0.29) is 24.3 Å². The molecule has 0 heterocycles. The van der Waals surface area contributed by atoms with E-state index in [2.05, 4.69) is 15.0 Å². The molecule has 1 atom stereocenters. The molecule has 12 nitrogen and oxygen atoms in total. The van der Waals surface area contributed by atoms with E-state index < -0.39 is 29.7 Å². The Hall–Kier alpha value is -4.22. The molecule has 0 spiro atoms. The van der Waals surface area contributed by atoms with Gasteiger partial charge in [0.15, 0.2) is 11.4 Å². The second-order valence-corrected chi connectivity index (χ2v) is 5.73. The molecule has 2 aromatic rings. The Balaban J connectivity index is 1.91. The molecule has 12 heteroatoms. The van der Waals surface area contributed by atoms with Crippen LogP contribution in [-0.4, -0.2) is 41.4 Å². The van der Waals surface area contributed by atoms with E-state index in [9.17, 15) is 24.6 Å². The monoisotopic (exact) mass is 420 g/mol. The molecular weight excluding hydrogens is 404 g/mol. The number of hydrogen-bond acceptors (Lipinski definition) is 10. The van der Waals surface area contributed by atoms with Crippen molar-refractivity contribution in [2.24, 2.45) is 5.34 Å². The van der Waals surface area contributed by atoms with Crippen molar-refractivity contribution in [2.75, 3.05) is 13.2 Å². The van der Waals surface area contributed by atoms with Crippen LogP contribution < -0.4 is 9.47 Å². The van der Waals surface area contributed by atoms with Crippen LogP contribution in [0.3, 0.4) is 0 Å². The second kappa shape index (κ2) is 10.9. The summed E-state index contributed by atoms with van der Waals surface area (Å²) >= 11 is 0. The van der Waals surface area contributed by atoms with Crippen LogP contribution in [0.15, 0.2) is 53.9 Å². The molecule has 0 bridgehead atoms. The summed E-state index contributed by atoms with van der Waals surface area (Å²) in [4.78, 5) is 52.1. The molecule has 2 rings (SSSR count). The number of carboxylic acid groups (broad SMARTS) is 1. The molecular formula is C18H16N2O10. The average Bonchev–Trinajstić information content (AvgIpc) is 2.71. The van der Waals surface area contributed by atoms with Gasteiger partial charge in [0.25, 0.3) is 5.09 Å². The van der Waals surface area contributed by atoms with Crippen molar-refractivity contribution in [3.63, 3.8) is 0 Å². The van der Waals surface area contributed by atoms with Gasteiger partial charge in [-0.25, -0.2) is 4.79 Å². The fourth-order valence-electron chi connectivity index (χ4n) is 2.29. The van der Waals surface area contributed by atoms with Crippen LogP contribution in [0.4, 0.5) is 0 Å². The number of benzene rings is 2. The van der Waals surface area contributed by atoms with Gasteiger partial charge in [0.1, 0.15) is 30.3 Å². The van der Waals surface area contributed by atoms with Crippen LogP contribution in [-0.2, 0) is 20.9 Å². The SMILES string of the molecule is O=NOCC(COc1ccc(CC(=O)Oc2ccccc2C(=O)O)cc1)O[N+](=O)[O-]. The zero-order valence-corrected chi connectivity index (χ0v) is 15.3. The first kappa shape index (κ1) is 22.1. The third kappa shape index (κ3) is 7.07. The lowest BCUT2D eigenvalue weighted by Gasteiger charge is -2.14. The van der Waals surface area contributed by atoms with Gasteiger partial charge < -0.3 is 24.3 Å². The molecule has 0 amide bonds. The molecule has 2 aromatic carbocycles. The van der Waals surface area contributed by atoms with Gasteiger partial charge in [-0.15, -0.1) is 15.0 Å². The normalized spacial score (nSPS) is 11.1. The Kier molecular flexibility index (Phi) is 8.05. The highest BCUT2D eigenvalue weighted by Crippen LogP contribution is 2.19. The van der Waals surface area contributed by atoms with Crippen molar-refractivity contribution in [3.05, 3.63) is 74.7 Å². The Morgan fingerprint density at radius 3 is 2.43 bits per heavy atom. The van der Waals surface area contributed by atoms with Crippen LogP contribution in [0, 0.1) is 15.0 Å². The van der Waals surface area contributed by atoms with Crippen molar-refractivity contribution < 1.29 is 38.9 Å². The first-order chi connectivity index (χ1) is 14.4. The van der Waals surface area contributed by atoms with Gasteiger partial charge in [-0.05, 0) is 29.8 Å². The van der Waals surface area contributed by atoms with E-state index in [1.165, 1.54) is 30.3 Å². The number of rotatable bonds is 12. The quantitative estimate of drug-likeness (QED) is 0.177. The van der Waals surface area contributed by atoms with Crippen LogP contribution in [0.5, 0.6) is 11.5 Å². The van der Waals surface area contributed by atoms with Gasteiger partial charge in [-0.2, -0.15) is 0 Å². The third-order valence-electron chi connectivity index (χ3n) is 3.60. The van der Waals surface area contributed by atoms with Gasteiger partial charge in [0, 0.05) is 0 Å². The average molecular weight is 420 g/mol. The van der Waals surface area contributed by atoms with E-state index in [4.69, 9.17) is 14.6 Å². The van der Waals surface area contributed by atoms with Crippen LogP contribution in [0.25, 0.3) is 0 Å². The minimum Gasteiger partial charge on any atom is -0.491 e. The summed E-state index contributed by atoms with van der Waals surface area (Å²) in [6.45, 7) is -0.754. The molecule has 0 radical (unpaired) electrons. The smallest absolute Gasteiger partial charge is 0.339 e. The first-order valence-electron chi connectivity index (χ1n) is 8.39. The molecule has 0 fully saturated rings. The van der Waals surface area contributed by atoms with Gasteiger partial charge in [0.05, 0.1) is 6.42 Å². The summed E-state index contributed by atoms with van der Waals surface area (Å²) in [6.07, 6.45) is -1.29. The molecule has 0 saturated carbocycles. The zero-order valence-electron chi connectivity index (χ0n) is 15.3. The van der Waals surface area contributed by atoms with Gasteiger partial charge in [0.2, 0.25) is 0 Å². The predicted molar refractivity (Wildman–Crippen MR) is 98.3 cm³/mol. The van der Waals surface area contributed by atoms with E-state index in [1.807, 2.05) is 0 Å². The van der Waals surface area contributed by atoms with E-state index >= 15 is 0 Å². The number of nitrogens with zero attached hydrogens (tertiary/aromatic N) is 2. The summed E-state index contributed by atoms with van der Waals surface area (Å²) < 4.78 is 10.4. The predicted octanol–water partition coefficient (Wildman–Crippen LogP) is 2.19. The van der Waals surface area contributed by atoms with Crippen LogP contribution in [0.1, 0.15) is 15.9 Å². The summed E-state index contributed by atoms with van der Waals surface area (Å²) in [5.74, 6) is -1.61. The topological polar surface area (TPSA) is 164 Å². The Labute approximate surface area is 169 Å². The standard InChI is InChI=1S/C18H16N2O10/c21-17(29-16-4-2-1-3-15(16)18(22)23)9-12-5-7-13(8-6-12)27-10-14(11-28-19-24)30-20(25)26/h1-8,14H,9-11H2,(H,22,23). The van der Waals surface area contributed by atoms with Crippen LogP contribution in [0.2, 0.25) is 0 Å². The number of carboxylic acids is 1. The van der Waals surface area contributed by atoms with Crippen molar-refractivity contribution in [1.29, 1.82) is 0 Å². The third-order valence-corrected chi connectivity index (χ3v) is 3.60. The van der Waals surface area contributed by atoms with Crippen LogP contribution >= 0.6 is 0 Å². The summed E-state index contributed by atoms with van der Waals surface area (Å²) in [5, 5.41) is 20.6. The van der Waals surface area contributed by atoms with Crippen molar-refractivity contribution in [1.82, 2.24) is 0 Å². The Bertz CT molecular complexity index is 900. The first-order valence-corrected chi connectivity index (χ1v) is 8.39. The molecule has 30 heavy (non-hydrogen) atoms. The molecule has 0 aromatic heterocycles. The lowest BCUT2D eigenvalue weighted by Crippen LogP contribution is -2.28. The highest BCUT2D eigenvalue weighted by Gasteiger charge is 2.17. The molecule has 1 N–H and O–H groups in total. The molecule has 0 aliphatic carbocycles. The van der Waals surface area contributed by atoms with Gasteiger partial charge in [-0.1, -0.05) is 24.3 Å². The maximum absolute atomic E-state index is 12.1. The van der Waals surface area contributed by atoms with E-state index in [1.54, 1.807) is 18.2 Å². The number of para-hydroxylation sites is 1. The number of aromatic carboxylic acids is 1. The summed E-state index contributed by atoms with van der Waals surface area (Å²) in [7, 11) is 0. The minimum absolute atomic E-state index is 0.0566. The molecule has 1 unspecified atom stereocenters. The van der Waals surface area contributed by atoms with Gasteiger partial charge in [-0.3, -0.25) is 4.79 Å². The summed E-state index contributed by atoms with van der Waals surface area (Å²) in [6, 6.07) is 11.9. The number of carbonyl (C=O) groups excluding carboxylic acids is 1. The number of esters is 1. The minimum atomic E-state index is -1.21. The maximum atomic E-state index is 12.1. The van der Waals surface area contributed by atoms with Crippen molar-refractivity contribution >= 4 is 11.9 Å². The van der Waals surface area contributed by atoms with Crippen molar-refractivity contribution in [3.8, 4) is 11.5 Å². The highest BCUT2D eigenvalue weighted by molar-refractivity contribution is 5.92. The maximum Gasteiger partial charge on any atom is 0.339 e. The lowest BCUT2D eigenvalue weighted by molar-refractivity contribution is -0.769.